The van der Waals surface area contributed by atoms with E-state index in [-0.39, 0.29) is 5.57 Å². The molecule has 0 aliphatic heterocycles. The van der Waals surface area contributed by atoms with Crippen molar-refractivity contribution in [2.24, 2.45) is 0 Å². The van der Waals surface area contributed by atoms with Crippen LogP contribution in [0.1, 0.15) is 17.0 Å². The molecule has 3 aromatic rings. The van der Waals surface area contributed by atoms with Crippen LogP contribution in [0.4, 0.5) is 5.69 Å². The zero-order chi connectivity index (χ0) is 20.3. The molecule has 1 N–H and O–H groups in total. The van der Waals surface area contributed by atoms with Gasteiger partial charge < -0.3 is 9.88 Å². The van der Waals surface area contributed by atoms with Gasteiger partial charge in [0.1, 0.15) is 11.6 Å². The number of carbonyl (C=O) groups is 1. The molecule has 140 valence electrons. The smallest absolute Gasteiger partial charge is 0.266 e. The number of benzene rings is 2. The first-order chi connectivity index (χ1) is 13.4. The van der Waals surface area contributed by atoms with Gasteiger partial charge >= 0.3 is 0 Å². The Labute approximate surface area is 177 Å². The Balaban J connectivity index is 1.93. The molecule has 1 amide bonds. The van der Waals surface area contributed by atoms with Crippen LogP contribution in [0, 0.1) is 25.2 Å². The van der Waals surface area contributed by atoms with Gasteiger partial charge in [0.25, 0.3) is 5.91 Å². The van der Waals surface area contributed by atoms with E-state index in [9.17, 15) is 10.1 Å². The average molecular weight is 455 g/mol. The van der Waals surface area contributed by atoms with Crippen LogP contribution in [0.25, 0.3) is 11.8 Å². The number of hydrogen-bond donors (Lipinski definition) is 1. The summed E-state index contributed by atoms with van der Waals surface area (Å²) in [5.74, 6) is -0.447. The SMILES string of the molecule is Cc1cc(/C=C(\C#N)C(=O)Nc2cccc(Br)c2)c(C)n1-c1ccc(Cl)cc1. The molecule has 1 heterocycles. The van der Waals surface area contributed by atoms with Gasteiger partial charge in [-0.15, -0.1) is 0 Å². The number of aromatic nitrogens is 1. The van der Waals surface area contributed by atoms with E-state index in [1.807, 2.05) is 62.4 Å². The zero-order valence-corrected chi connectivity index (χ0v) is 17.7. The predicted molar refractivity (Wildman–Crippen MR) is 117 cm³/mol. The van der Waals surface area contributed by atoms with Crippen molar-refractivity contribution in [3.63, 3.8) is 0 Å². The van der Waals surface area contributed by atoms with E-state index < -0.39 is 5.91 Å². The summed E-state index contributed by atoms with van der Waals surface area (Å²) in [6, 6.07) is 18.7. The van der Waals surface area contributed by atoms with Gasteiger partial charge in [-0.25, -0.2) is 0 Å². The second-order valence-corrected chi connectivity index (χ2v) is 7.62. The maximum Gasteiger partial charge on any atom is 0.266 e. The van der Waals surface area contributed by atoms with E-state index in [0.29, 0.717) is 10.7 Å². The average Bonchev–Trinajstić information content (AvgIpc) is 2.94. The van der Waals surface area contributed by atoms with Gasteiger partial charge in [0.15, 0.2) is 0 Å². The summed E-state index contributed by atoms with van der Waals surface area (Å²) in [4.78, 5) is 12.5. The number of carbonyl (C=O) groups excluding carboxylic acids is 1. The van der Waals surface area contributed by atoms with Gasteiger partial charge in [-0.3, -0.25) is 4.79 Å². The molecule has 4 nitrogen and oxygen atoms in total. The van der Waals surface area contributed by atoms with Crippen LogP contribution in [-0.4, -0.2) is 10.5 Å². The third-order valence-electron chi connectivity index (χ3n) is 4.30. The number of halogens is 2. The molecule has 0 saturated carbocycles. The minimum Gasteiger partial charge on any atom is -0.321 e. The monoisotopic (exact) mass is 453 g/mol. The van der Waals surface area contributed by atoms with Crippen molar-refractivity contribution in [3.05, 3.63) is 86.6 Å². The van der Waals surface area contributed by atoms with Gasteiger partial charge in [0.2, 0.25) is 0 Å². The number of anilines is 1. The highest BCUT2D eigenvalue weighted by atomic mass is 79.9. The van der Waals surface area contributed by atoms with Crippen molar-refractivity contribution in [1.29, 1.82) is 5.26 Å². The summed E-state index contributed by atoms with van der Waals surface area (Å²) in [5, 5.41) is 12.9. The fourth-order valence-corrected chi connectivity index (χ4v) is 3.52. The topological polar surface area (TPSA) is 57.8 Å². The minimum absolute atomic E-state index is 0.0383. The second kappa shape index (κ2) is 8.47. The van der Waals surface area contributed by atoms with Crippen LogP contribution in [0.15, 0.2) is 64.6 Å². The van der Waals surface area contributed by atoms with Crippen molar-refractivity contribution in [1.82, 2.24) is 4.57 Å². The Hall–Kier alpha value is -2.81. The van der Waals surface area contributed by atoms with Crippen LogP contribution < -0.4 is 5.32 Å². The van der Waals surface area contributed by atoms with Crippen molar-refractivity contribution >= 4 is 45.2 Å². The Bertz CT molecular complexity index is 1110. The molecule has 0 atom stereocenters. The molecule has 3 rings (SSSR count). The fraction of sp³-hybridized carbons (Fsp3) is 0.0909. The number of hydrogen-bond acceptors (Lipinski definition) is 2. The molecular formula is C22H17BrClN3O. The van der Waals surface area contributed by atoms with E-state index >= 15 is 0 Å². The Kier molecular flexibility index (Phi) is 6.03. The predicted octanol–water partition coefficient (Wildman–Crippen LogP) is 6.06. The molecule has 0 unspecified atom stereocenters. The molecule has 0 aliphatic rings. The first-order valence-corrected chi connectivity index (χ1v) is 9.69. The van der Waals surface area contributed by atoms with Crippen molar-refractivity contribution in [2.45, 2.75) is 13.8 Å². The summed E-state index contributed by atoms with van der Waals surface area (Å²) in [7, 11) is 0. The van der Waals surface area contributed by atoms with Gasteiger partial charge in [-0.05, 0) is 74.0 Å². The zero-order valence-electron chi connectivity index (χ0n) is 15.3. The van der Waals surface area contributed by atoms with Gasteiger partial charge in [0, 0.05) is 32.3 Å². The third-order valence-corrected chi connectivity index (χ3v) is 5.05. The number of aryl methyl sites for hydroxylation is 1. The van der Waals surface area contributed by atoms with E-state index in [4.69, 9.17) is 11.6 Å². The molecule has 6 heteroatoms. The molecule has 0 aliphatic carbocycles. The lowest BCUT2D eigenvalue weighted by Gasteiger charge is -2.09. The molecular weight excluding hydrogens is 438 g/mol. The van der Waals surface area contributed by atoms with Crippen LogP contribution in [-0.2, 0) is 4.79 Å². The summed E-state index contributed by atoms with van der Waals surface area (Å²) in [5.41, 5.74) is 4.37. The van der Waals surface area contributed by atoms with Crippen LogP contribution >= 0.6 is 27.5 Å². The molecule has 0 saturated heterocycles. The third kappa shape index (κ3) is 4.36. The van der Waals surface area contributed by atoms with Crippen molar-refractivity contribution in [3.8, 4) is 11.8 Å². The Morgan fingerprint density at radius 1 is 1.18 bits per heavy atom. The largest absolute Gasteiger partial charge is 0.321 e. The lowest BCUT2D eigenvalue weighted by molar-refractivity contribution is -0.112. The Morgan fingerprint density at radius 3 is 2.54 bits per heavy atom. The second-order valence-electron chi connectivity index (χ2n) is 6.27. The van der Waals surface area contributed by atoms with Crippen LogP contribution in [0.2, 0.25) is 5.02 Å². The summed E-state index contributed by atoms with van der Waals surface area (Å²) in [6.45, 7) is 3.93. The van der Waals surface area contributed by atoms with Crippen molar-refractivity contribution < 1.29 is 4.79 Å². The highest BCUT2D eigenvalue weighted by Crippen LogP contribution is 2.24. The Morgan fingerprint density at radius 2 is 1.89 bits per heavy atom. The number of nitrogens with one attached hydrogen (secondary N) is 1. The van der Waals surface area contributed by atoms with Gasteiger partial charge in [-0.2, -0.15) is 5.26 Å². The maximum atomic E-state index is 12.5. The number of nitriles is 1. The van der Waals surface area contributed by atoms with E-state index in [1.165, 1.54) is 0 Å². The number of rotatable bonds is 4. The fourth-order valence-electron chi connectivity index (χ4n) is 2.99. The van der Waals surface area contributed by atoms with Crippen molar-refractivity contribution in [2.75, 3.05) is 5.32 Å². The van der Waals surface area contributed by atoms with Crippen LogP contribution in [0.3, 0.4) is 0 Å². The first kappa shape index (κ1) is 19.9. The molecule has 0 spiro atoms. The quantitative estimate of drug-likeness (QED) is 0.385. The molecule has 0 fully saturated rings. The van der Waals surface area contributed by atoms with Crippen LogP contribution in [0.5, 0.6) is 0 Å². The normalized spacial score (nSPS) is 11.2. The molecule has 28 heavy (non-hydrogen) atoms. The summed E-state index contributed by atoms with van der Waals surface area (Å²) in [6.07, 6.45) is 1.61. The van der Waals surface area contributed by atoms with E-state index in [0.717, 1.165) is 27.1 Å². The maximum absolute atomic E-state index is 12.5. The standard InChI is InChI=1S/C22H17BrClN3O/c1-14-10-16(15(2)27(14)21-8-6-19(24)7-9-21)11-17(13-25)22(28)26-20-5-3-4-18(23)12-20/h3-12H,1-2H3,(H,26,28)/b17-11+. The lowest BCUT2D eigenvalue weighted by atomic mass is 10.1. The van der Waals surface area contributed by atoms with Gasteiger partial charge in [-0.1, -0.05) is 33.6 Å². The molecule has 2 aromatic carbocycles. The lowest BCUT2D eigenvalue weighted by Crippen LogP contribution is -2.13. The highest BCUT2D eigenvalue weighted by Gasteiger charge is 2.14. The highest BCUT2D eigenvalue weighted by molar-refractivity contribution is 9.10. The molecule has 0 radical (unpaired) electrons. The molecule has 0 bridgehead atoms. The summed E-state index contributed by atoms with van der Waals surface area (Å²) < 4.78 is 2.91. The van der Waals surface area contributed by atoms with E-state index in [1.54, 1.807) is 18.2 Å². The molecule has 1 aromatic heterocycles. The number of amides is 1. The number of nitrogens with zero attached hydrogens (tertiary/aromatic N) is 2. The summed E-state index contributed by atoms with van der Waals surface area (Å²) >= 11 is 9.35. The minimum atomic E-state index is -0.447. The van der Waals surface area contributed by atoms with Gasteiger partial charge in [0.05, 0.1) is 0 Å². The van der Waals surface area contributed by atoms with E-state index in [2.05, 4.69) is 25.8 Å². The first-order valence-electron chi connectivity index (χ1n) is 8.52.